The van der Waals surface area contributed by atoms with Crippen LogP contribution in [0.1, 0.15) is 37.8 Å². The third-order valence-electron chi connectivity index (χ3n) is 3.42. The van der Waals surface area contributed by atoms with Gasteiger partial charge in [0.05, 0.1) is 7.11 Å². The summed E-state index contributed by atoms with van der Waals surface area (Å²) in [6, 6.07) is 6.20. The largest absolute Gasteiger partial charge is 0.496 e. The summed E-state index contributed by atoms with van der Waals surface area (Å²) in [7, 11) is 1.71. The Bertz CT molecular complexity index is 370. The fraction of sp³-hybridized carbons (Fsp3) is 0.571. The summed E-state index contributed by atoms with van der Waals surface area (Å²) in [5.41, 5.74) is 8.48. The van der Waals surface area contributed by atoms with Crippen molar-refractivity contribution in [3.05, 3.63) is 23.8 Å². The predicted molar refractivity (Wildman–Crippen MR) is 71.7 cm³/mol. The summed E-state index contributed by atoms with van der Waals surface area (Å²) in [4.78, 5) is 2.44. The highest BCUT2D eigenvalue weighted by molar-refractivity contribution is 5.60. The topological polar surface area (TPSA) is 38.5 Å². The molecule has 2 rings (SSSR count). The molecular weight excluding hydrogens is 212 g/mol. The third kappa shape index (κ3) is 2.55. The molecule has 2 N–H and O–H groups in total. The summed E-state index contributed by atoms with van der Waals surface area (Å²) in [6.07, 6.45) is 3.89. The Morgan fingerprint density at radius 2 is 1.94 bits per heavy atom. The number of nitrogens with zero attached hydrogens (tertiary/aromatic N) is 1. The molecule has 1 aromatic rings. The van der Waals surface area contributed by atoms with Crippen LogP contribution < -0.4 is 15.4 Å². The van der Waals surface area contributed by atoms with Crippen molar-refractivity contribution in [2.24, 2.45) is 5.73 Å². The van der Waals surface area contributed by atoms with E-state index in [2.05, 4.69) is 17.0 Å². The molecular formula is C14H22N2O. The van der Waals surface area contributed by atoms with Gasteiger partial charge in [-0.15, -0.1) is 0 Å². The molecule has 17 heavy (non-hydrogen) atoms. The van der Waals surface area contributed by atoms with Crippen LogP contribution in [0, 0.1) is 0 Å². The molecule has 0 spiro atoms. The maximum atomic E-state index is 6.09. The molecule has 1 saturated heterocycles. The summed E-state index contributed by atoms with van der Waals surface area (Å²) >= 11 is 0. The van der Waals surface area contributed by atoms with Crippen LogP contribution in [0.15, 0.2) is 18.2 Å². The maximum absolute atomic E-state index is 6.09. The van der Waals surface area contributed by atoms with E-state index in [-0.39, 0.29) is 6.04 Å². The third-order valence-corrected chi connectivity index (χ3v) is 3.42. The van der Waals surface area contributed by atoms with E-state index in [1.807, 2.05) is 13.0 Å². The molecule has 0 amide bonds. The number of benzene rings is 1. The number of nitrogens with two attached hydrogens (primary N) is 1. The van der Waals surface area contributed by atoms with Gasteiger partial charge in [0.15, 0.2) is 0 Å². The summed E-state index contributed by atoms with van der Waals surface area (Å²) in [5, 5.41) is 0. The molecule has 1 aromatic carbocycles. The minimum Gasteiger partial charge on any atom is -0.496 e. The summed E-state index contributed by atoms with van der Waals surface area (Å²) < 4.78 is 5.43. The highest BCUT2D eigenvalue weighted by atomic mass is 16.5. The van der Waals surface area contributed by atoms with Crippen LogP contribution in [0.3, 0.4) is 0 Å². The van der Waals surface area contributed by atoms with Crippen molar-refractivity contribution in [3.63, 3.8) is 0 Å². The SMILES string of the molecule is COc1cccc(N2CCCCC2)c1[C@H](C)N. The van der Waals surface area contributed by atoms with Crippen molar-refractivity contribution < 1.29 is 4.74 Å². The lowest BCUT2D eigenvalue weighted by Gasteiger charge is -2.32. The number of hydrogen-bond acceptors (Lipinski definition) is 3. The number of piperidine rings is 1. The molecule has 94 valence electrons. The van der Waals surface area contributed by atoms with Gasteiger partial charge in [0.25, 0.3) is 0 Å². The highest BCUT2D eigenvalue weighted by Crippen LogP contribution is 2.34. The van der Waals surface area contributed by atoms with Gasteiger partial charge in [-0.05, 0) is 38.3 Å². The zero-order chi connectivity index (χ0) is 12.3. The van der Waals surface area contributed by atoms with Gasteiger partial charge < -0.3 is 15.4 Å². The van der Waals surface area contributed by atoms with Gasteiger partial charge in [-0.3, -0.25) is 0 Å². The van der Waals surface area contributed by atoms with E-state index in [9.17, 15) is 0 Å². The van der Waals surface area contributed by atoms with Gasteiger partial charge in [-0.25, -0.2) is 0 Å². The molecule has 0 unspecified atom stereocenters. The van der Waals surface area contributed by atoms with Gasteiger partial charge >= 0.3 is 0 Å². The number of anilines is 1. The molecule has 0 radical (unpaired) electrons. The summed E-state index contributed by atoms with van der Waals surface area (Å²) in [6.45, 7) is 4.28. The molecule has 1 heterocycles. The lowest BCUT2D eigenvalue weighted by Crippen LogP contribution is -2.31. The van der Waals surface area contributed by atoms with Crippen molar-refractivity contribution in [1.82, 2.24) is 0 Å². The minimum atomic E-state index is 0.00285. The first-order valence-corrected chi connectivity index (χ1v) is 6.41. The number of hydrogen-bond donors (Lipinski definition) is 1. The molecule has 0 aliphatic carbocycles. The second kappa shape index (κ2) is 5.41. The van der Waals surface area contributed by atoms with Crippen molar-refractivity contribution in [1.29, 1.82) is 0 Å². The smallest absolute Gasteiger partial charge is 0.125 e. The highest BCUT2D eigenvalue weighted by Gasteiger charge is 2.19. The first-order chi connectivity index (χ1) is 8.24. The second-order valence-electron chi connectivity index (χ2n) is 4.73. The molecule has 1 fully saturated rings. The normalized spacial score (nSPS) is 17.9. The lowest BCUT2D eigenvalue weighted by atomic mass is 10.0. The van der Waals surface area contributed by atoms with E-state index < -0.39 is 0 Å². The molecule has 1 atom stereocenters. The van der Waals surface area contributed by atoms with E-state index in [1.54, 1.807) is 7.11 Å². The van der Waals surface area contributed by atoms with Gasteiger partial charge in [0, 0.05) is 30.4 Å². The second-order valence-corrected chi connectivity index (χ2v) is 4.73. The van der Waals surface area contributed by atoms with E-state index in [1.165, 1.54) is 24.9 Å². The van der Waals surface area contributed by atoms with Crippen molar-refractivity contribution in [2.75, 3.05) is 25.1 Å². The molecule has 1 aliphatic rings. The maximum Gasteiger partial charge on any atom is 0.125 e. The van der Waals surface area contributed by atoms with E-state index >= 15 is 0 Å². The quantitative estimate of drug-likeness (QED) is 0.874. The van der Waals surface area contributed by atoms with Crippen LogP contribution >= 0.6 is 0 Å². The van der Waals surface area contributed by atoms with Gasteiger partial charge in [-0.1, -0.05) is 6.07 Å². The molecule has 0 saturated carbocycles. The average Bonchev–Trinajstić information content (AvgIpc) is 2.38. The zero-order valence-corrected chi connectivity index (χ0v) is 10.8. The Labute approximate surface area is 104 Å². The minimum absolute atomic E-state index is 0.00285. The van der Waals surface area contributed by atoms with Crippen LogP contribution in [-0.4, -0.2) is 20.2 Å². The molecule has 1 aliphatic heterocycles. The Kier molecular flexibility index (Phi) is 3.89. The van der Waals surface area contributed by atoms with E-state index in [0.717, 1.165) is 24.4 Å². The standard InChI is InChI=1S/C14H22N2O/c1-11(15)14-12(7-6-8-13(14)17-2)16-9-4-3-5-10-16/h6-8,11H,3-5,9-10,15H2,1-2H3/t11-/m0/s1. The number of methoxy groups -OCH3 is 1. The Balaban J connectivity index is 2.37. The number of ether oxygens (including phenoxy) is 1. The summed E-state index contributed by atoms with van der Waals surface area (Å²) in [5.74, 6) is 0.906. The Morgan fingerprint density at radius 1 is 1.24 bits per heavy atom. The van der Waals surface area contributed by atoms with Gasteiger partial charge in [-0.2, -0.15) is 0 Å². The monoisotopic (exact) mass is 234 g/mol. The van der Waals surface area contributed by atoms with Crippen molar-refractivity contribution in [3.8, 4) is 5.75 Å². The molecule has 3 heteroatoms. The molecule has 3 nitrogen and oxygen atoms in total. The van der Waals surface area contributed by atoms with E-state index in [4.69, 9.17) is 10.5 Å². The zero-order valence-electron chi connectivity index (χ0n) is 10.8. The molecule has 0 bridgehead atoms. The fourth-order valence-corrected chi connectivity index (χ4v) is 2.58. The first-order valence-electron chi connectivity index (χ1n) is 6.41. The fourth-order valence-electron chi connectivity index (χ4n) is 2.58. The average molecular weight is 234 g/mol. The number of rotatable bonds is 3. The lowest BCUT2D eigenvalue weighted by molar-refractivity contribution is 0.406. The van der Waals surface area contributed by atoms with Crippen LogP contribution in [0.4, 0.5) is 5.69 Å². The van der Waals surface area contributed by atoms with Crippen molar-refractivity contribution in [2.45, 2.75) is 32.2 Å². The van der Waals surface area contributed by atoms with Crippen LogP contribution in [0.2, 0.25) is 0 Å². The van der Waals surface area contributed by atoms with Crippen molar-refractivity contribution >= 4 is 5.69 Å². The van der Waals surface area contributed by atoms with Crippen LogP contribution in [0.25, 0.3) is 0 Å². The first kappa shape index (κ1) is 12.2. The van der Waals surface area contributed by atoms with Crippen LogP contribution in [0.5, 0.6) is 5.75 Å². The van der Waals surface area contributed by atoms with Gasteiger partial charge in [0.2, 0.25) is 0 Å². The van der Waals surface area contributed by atoms with Crippen LogP contribution in [-0.2, 0) is 0 Å². The Hall–Kier alpha value is -1.22. The Morgan fingerprint density at radius 3 is 2.53 bits per heavy atom. The predicted octanol–water partition coefficient (Wildman–Crippen LogP) is 2.71. The molecule has 0 aromatic heterocycles. The van der Waals surface area contributed by atoms with E-state index in [0.29, 0.717) is 0 Å². The van der Waals surface area contributed by atoms with Gasteiger partial charge in [0.1, 0.15) is 5.75 Å².